The number of hydrogen-bond acceptors (Lipinski definition) is 5. The van der Waals surface area contributed by atoms with Crippen LogP contribution in [-0.2, 0) is 6.61 Å². The second-order valence-electron chi connectivity index (χ2n) is 7.64. The van der Waals surface area contributed by atoms with E-state index in [1.165, 1.54) is 16.8 Å². The lowest BCUT2D eigenvalue weighted by atomic mass is 9.86. The fraction of sp³-hybridized carbons (Fsp3) is 0.435. The van der Waals surface area contributed by atoms with E-state index in [4.69, 9.17) is 9.47 Å². The van der Waals surface area contributed by atoms with Crippen molar-refractivity contribution in [1.29, 1.82) is 0 Å². The van der Waals surface area contributed by atoms with Crippen molar-refractivity contribution >= 4 is 5.71 Å². The fourth-order valence-corrected chi connectivity index (χ4v) is 4.05. The van der Waals surface area contributed by atoms with Crippen molar-refractivity contribution in [2.45, 2.75) is 32.9 Å². The van der Waals surface area contributed by atoms with Gasteiger partial charge in [0, 0.05) is 31.1 Å². The molecule has 1 saturated heterocycles. The van der Waals surface area contributed by atoms with Gasteiger partial charge in [0.2, 0.25) is 0 Å². The molecule has 5 nitrogen and oxygen atoms in total. The van der Waals surface area contributed by atoms with Gasteiger partial charge in [-0.2, -0.15) is 5.10 Å². The van der Waals surface area contributed by atoms with Crippen LogP contribution >= 0.6 is 0 Å². The number of hydrazone groups is 1. The second kappa shape index (κ2) is 8.23. The van der Waals surface area contributed by atoms with Gasteiger partial charge < -0.3 is 19.8 Å². The third-order valence-corrected chi connectivity index (χ3v) is 5.83. The summed E-state index contributed by atoms with van der Waals surface area (Å²) in [5, 5.41) is 4.61. The van der Waals surface area contributed by atoms with Gasteiger partial charge in [-0.05, 0) is 36.7 Å². The molecule has 0 radical (unpaired) electrons. The molecule has 2 aromatic rings. The maximum Gasteiger partial charge on any atom is 0.161 e. The van der Waals surface area contributed by atoms with Gasteiger partial charge in [0.1, 0.15) is 6.61 Å². The van der Waals surface area contributed by atoms with Crippen molar-refractivity contribution < 1.29 is 9.47 Å². The zero-order valence-electron chi connectivity index (χ0n) is 16.9. The van der Waals surface area contributed by atoms with Gasteiger partial charge in [0.25, 0.3) is 0 Å². The van der Waals surface area contributed by atoms with E-state index in [9.17, 15) is 0 Å². The summed E-state index contributed by atoms with van der Waals surface area (Å²) in [5.41, 5.74) is 8.25. The Morgan fingerprint density at radius 1 is 1.14 bits per heavy atom. The minimum Gasteiger partial charge on any atom is -0.493 e. The van der Waals surface area contributed by atoms with Crippen LogP contribution in [0.5, 0.6) is 11.5 Å². The molecule has 1 N–H and O–H groups in total. The zero-order valence-corrected chi connectivity index (χ0v) is 16.9. The van der Waals surface area contributed by atoms with Gasteiger partial charge in [-0.25, -0.2) is 0 Å². The highest BCUT2D eigenvalue weighted by atomic mass is 16.5. The highest BCUT2D eigenvalue weighted by Gasteiger charge is 2.36. The zero-order chi connectivity index (χ0) is 19.5. The number of methoxy groups -OCH3 is 1. The van der Waals surface area contributed by atoms with Crippen molar-refractivity contribution in [3.63, 3.8) is 0 Å². The van der Waals surface area contributed by atoms with E-state index < -0.39 is 0 Å². The Kier molecular flexibility index (Phi) is 5.53. The summed E-state index contributed by atoms with van der Waals surface area (Å²) in [6.45, 7) is 8.09. The first kappa shape index (κ1) is 18.8. The molecule has 2 unspecified atom stereocenters. The van der Waals surface area contributed by atoms with Crippen molar-refractivity contribution in [2.75, 3.05) is 26.7 Å². The number of piperidine rings is 1. The molecule has 0 aromatic heterocycles. The molecule has 2 aliphatic heterocycles. The number of ether oxygens (including phenoxy) is 2. The lowest BCUT2D eigenvalue weighted by molar-refractivity contribution is 0.238. The molecule has 2 heterocycles. The van der Waals surface area contributed by atoms with Gasteiger partial charge in [0.15, 0.2) is 11.5 Å². The van der Waals surface area contributed by atoms with E-state index in [1.807, 2.05) is 6.07 Å². The number of aryl methyl sites for hydroxylation is 1. The standard InChI is InChI=1S/C23H29N3O2/c1-4-26-12-11-20-19(14-26)23(25-24-20)18-9-10-21(22(13-18)27-3)28-15-17-7-5-16(2)6-8-17/h5-10,13,19,23,25H,4,11-12,14-15H2,1-3H3. The van der Waals surface area contributed by atoms with Gasteiger partial charge in [0.05, 0.1) is 13.2 Å². The molecule has 4 rings (SSSR count). The smallest absolute Gasteiger partial charge is 0.161 e. The van der Waals surface area contributed by atoms with Gasteiger partial charge in [-0.1, -0.05) is 42.8 Å². The molecule has 0 amide bonds. The lowest BCUT2D eigenvalue weighted by Gasteiger charge is -2.32. The molecule has 0 saturated carbocycles. The van der Waals surface area contributed by atoms with Crippen LogP contribution in [0.3, 0.4) is 0 Å². The summed E-state index contributed by atoms with van der Waals surface area (Å²) in [7, 11) is 1.70. The quantitative estimate of drug-likeness (QED) is 0.826. The molecule has 0 spiro atoms. The van der Waals surface area contributed by atoms with E-state index in [1.54, 1.807) is 7.11 Å². The summed E-state index contributed by atoms with van der Waals surface area (Å²) in [5.74, 6) is 1.96. The maximum absolute atomic E-state index is 6.03. The fourth-order valence-electron chi connectivity index (χ4n) is 4.05. The van der Waals surface area contributed by atoms with Crippen LogP contribution in [0, 0.1) is 12.8 Å². The Bertz CT molecular complexity index is 847. The van der Waals surface area contributed by atoms with Gasteiger partial charge >= 0.3 is 0 Å². The topological polar surface area (TPSA) is 46.1 Å². The number of hydrogen-bond donors (Lipinski definition) is 1. The van der Waals surface area contributed by atoms with E-state index in [2.05, 4.69) is 65.7 Å². The van der Waals surface area contributed by atoms with Gasteiger partial charge in [-0.15, -0.1) is 0 Å². The number of likely N-dealkylation sites (tertiary alicyclic amines) is 1. The predicted octanol–water partition coefficient (Wildman–Crippen LogP) is 3.92. The number of benzene rings is 2. The average Bonchev–Trinajstić information content (AvgIpc) is 3.16. The molecule has 28 heavy (non-hydrogen) atoms. The Balaban J connectivity index is 1.48. The van der Waals surface area contributed by atoms with Crippen LogP contribution in [0.2, 0.25) is 0 Å². The largest absolute Gasteiger partial charge is 0.493 e. The lowest BCUT2D eigenvalue weighted by Crippen LogP contribution is -2.41. The highest BCUT2D eigenvalue weighted by Crippen LogP contribution is 2.37. The molecular formula is C23H29N3O2. The number of rotatable bonds is 6. The predicted molar refractivity (Wildman–Crippen MR) is 112 cm³/mol. The molecule has 2 aliphatic rings. The normalized spacial score (nSPS) is 21.6. The van der Waals surface area contributed by atoms with Crippen LogP contribution in [0.25, 0.3) is 0 Å². The third-order valence-electron chi connectivity index (χ3n) is 5.83. The first-order chi connectivity index (χ1) is 13.7. The molecule has 5 heteroatoms. The molecule has 1 fully saturated rings. The molecule has 2 atom stereocenters. The summed E-state index contributed by atoms with van der Waals surface area (Å²) < 4.78 is 11.7. The highest BCUT2D eigenvalue weighted by molar-refractivity contribution is 5.90. The van der Waals surface area contributed by atoms with E-state index in [0.29, 0.717) is 12.5 Å². The van der Waals surface area contributed by atoms with Gasteiger partial charge in [-0.3, -0.25) is 0 Å². The van der Waals surface area contributed by atoms with Crippen LogP contribution in [0.1, 0.15) is 36.1 Å². The monoisotopic (exact) mass is 379 g/mol. The Morgan fingerprint density at radius 3 is 2.71 bits per heavy atom. The first-order valence-electron chi connectivity index (χ1n) is 10.1. The SMILES string of the molecule is CCN1CCC2=NNC(c3ccc(OCc4ccc(C)cc4)c(OC)c3)C2C1. The van der Waals surface area contributed by atoms with E-state index >= 15 is 0 Å². The summed E-state index contributed by atoms with van der Waals surface area (Å²) in [4.78, 5) is 2.50. The van der Waals surface area contributed by atoms with Crippen LogP contribution in [-0.4, -0.2) is 37.4 Å². The van der Waals surface area contributed by atoms with E-state index in [0.717, 1.165) is 43.1 Å². The second-order valence-corrected chi connectivity index (χ2v) is 7.64. The molecule has 2 aromatic carbocycles. The van der Waals surface area contributed by atoms with Crippen molar-refractivity contribution in [2.24, 2.45) is 11.0 Å². The maximum atomic E-state index is 6.03. The van der Waals surface area contributed by atoms with Crippen molar-refractivity contribution in [3.8, 4) is 11.5 Å². The molecular weight excluding hydrogens is 350 g/mol. The molecule has 0 aliphatic carbocycles. The van der Waals surface area contributed by atoms with E-state index in [-0.39, 0.29) is 6.04 Å². The summed E-state index contributed by atoms with van der Waals surface area (Å²) in [6.07, 6.45) is 1.05. The Morgan fingerprint density at radius 2 is 1.96 bits per heavy atom. The Labute approximate surface area is 167 Å². The summed E-state index contributed by atoms with van der Waals surface area (Å²) >= 11 is 0. The van der Waals surface area contributed by atoms with Crippen LogP contribution in [0.15, 0.2) is 47.6 Å². The van der Waals surface area contributed by atoms with Crippen molar-refractivity contribution in [3.05, 3.63) is 59.2 Å². The summed E-state index contributed by atoms with van der Waals surface area (Å²) in [6, 6.07) is 14.8. The third kappa shape index (κ3) is 3.85. The minimum absolute atomic E-state index is 0.199. The minimum atomic E-state index is 0.199. The number of nitrogens with zero attached hydrogens (tertiary/aromatic N) is 2. The number of nitrogens with one attached hydrogen (secondary N) is 1. The Hall–Kier alpha value is -2.53. The van der Waals surface area contributed by atoms with Crippen LogP contribution in [0.4, 0.5) is 0 Å². The number of fused-ring (bicyclic) bond motifs is 1. The molecule has 0 bridgehead atoms. The van der Waals surface area contributed by atoms with Crippen LogP contribution < -0.4 is 14.9 Å². The average molecular weight is 380 g/mol. The van der Waals surface area contributed by atoms with Crippen molar-refractivity contribution in [1.82, 2.24) is 10.3 Å². The molecule has 148 valence electrons. The first-order valence-corrected chi connectivity index (χ1v) is 10.1.